The third-order valence-electron chi connectivity index (χ3n) is 7.10. The Bertz CT molecular complexity index is 839. The Morgan fingerprint density at radius 2 is 1.82 bits per heavy atom. The standard InChI is InChI=1S/C22H30N4O2.2CH2O2/c27-20(17-7-8-17)25-11-3-9-22(21(28)24-12-16-5-6-16)15-26(14-18(22)13-25)19-4-1-2-10-23-19;2*2-1-3/h1-2,4,10,16-18H,3,5-9,11-15H2,(H,24,28);2*1H,(H,2,3)/t18-,22+;;/m0../s1. The highest BCUT2D eigenvalue weighted by molar-refractivity contribution is 5.85. The molecular formula is C24H34N4O6. The van der Waals surface area contributed by atoms with E-state index in [0.29, 0.717) is 24.9 Å². The molecule has 4 aliphatic rings. The quantitative estimate of drug-likeness (QED) is 0.545. The summed E-state index contributed by atoms with van der Waals surface area (Å²) < 4.78 is 0. The van der Waals surface area contributed by atoms with Crippen LogP contribution in [0.2, 0.25) is 0 Å². The van der Waals surface area contributed by atoms with Gasteiger partial charge >= 0.3 is 0 Å². The maximum atomic E-state index is 13.4. The van der Waals surface area contributed by atoms with Crippen LogP contribution in [0.5, 0.6) is 0 Å². The van der Waals surface area contributed by atoms with Crippen molar-refractivity contribution in [3.8, 4) is 0 Å². The van der Waals surface area contributed by atoms with E-state index in [1.54, 1.807) is 0 Å². The van der Waals surface area contributed by atoms with Gasteiger partial charge in [0.15, 0.2) is 0 Å². The largest absolute Gasteiger partial charge is 0.483 e. The van der Waals surface area contributed by atoms with Crippen molar-refractivity contribution in [2.75, 3.05) is 37.6 Å². The number of fused-ring (bicyclic) bond motifs is 1. The lowest BCUT2D eigenvalue weighted by Crippen LogP contribution is -2.48. The number of carbonyl (C=O) groups is 4. The van der Waals surface area contributed by atoms with E-state index >= 15 is 0 Å². The third kappa shape index (κ3) is 6.24. The second-order valence-electron chi connectivity index (χ2n) is 9.45. The van der Waals surface area contributed by atoms with Gasteiger partial charge in [-0.05, 0) is 56.6 Å². The summed E-state index contributed by atoms with van der Waals surface area (Å²) in [5, 5.41) is 17.0. The Morgan fingerprint density at radius 1 is 1.12 bits per heavy atom. The van der Waals surface area contributed by atoms with Crippen molar-refractivity contribution in [1.29, 1.82) is 0 Å². The molecule has 2 saturated carbocycles. The SMILES string of the molecule is O=C(C1CC1)N1CCC[C@@]2(C(=O)NCC3CC3)CN(c3ccccn3)C[C@@H]2C1.O=CO.O=CO. The predicted octanol–water partition coefficient (Wildman–Crippen LogP) is 1.46. The summed E-state index contributed by atoms with van der Waals surface area (Å²) in [7, 11) is 0. The first kappa shape index (κ1) is 25.5. The second-order valence-corrected chi connectivity index (χ2v) is 9.45. The normalized spacial score (nSPS) is 25.4. The monoisotopic (exact) mass is 474 g/mol. The number of hydrogen-bond acceptors (Lipinski definition) is 6. The number of hydrogen-bond donors (Lipinski definition) is 3. The summed E-state index contributed by atoms with van der Waals surface area (Å²) in [4.78, 5) is 51.7. The van der Waals surface area contributed by atoms with Gasteiger partial charge in [-0.3, -0.25) is 19.2 Å². The van der Waals surface area contributed by atoms with E-state index < -0.39 is 5.41 Å². The fourth-order valence-corrected chi connectivity index (χ4v) is 5.04. The molecule has 2 aliphatic heterocycles. The maximum absolute atomic E-state index is 13.4. The van der Waals surface area contributed by atoms with E-state index in [0.717, 1.165) is 51.1 Å². The molecule has 0 spiro atoms. The zero-order valence-corrected chi connectivity index (χ0v) is 19.3. The number of aromatic nitrogens is 1. The molecule has 0 aromatic carbocycles. The average Bonchev–Trinajstić information content (AvgIpc) is 3.75. The Labute approximate surface area is 199 Å². The zero-order chi connectivity index (χ0) is 24.6. The molecule has 2 amide bonds. The lowest BCUT2D eigenvalue weighted by Gasteiger charge is -2.32. The molecule has 3 N–H and O–H groups in total. The van der Waals surface area contributed by atoms with Crippen molar-refractivity contribution in [3.63, 3.8) is 0 Å². The Morgan fingerprint density at radius 3 is 2.41 bits per heavy atom. The van der Waals surface area contributed by atoms with Gasteiger partial charge in [0, 0.05) is 50.8 Å². The van der Waals surface area contributed by atoms with Crippen molar-refractivity contribution < 1.29 is 29.4 Å². The predicted molar refractivity (Wildman–Crippen MR) is 124 cm³/mol. The van der Waals surface area contributed by atoms with Crippen LogP contribution in [0.1, 0.15) is 38.5 Å². The topological polar surface area (TPSA) is 140 Å². The Kier molecular flexibility index (Phi) is 8.84. The van der Waals surface area contributed by atoms with E-state index in [1.807, 2.05) is 24.4 Å². The molecule has 3 heterocycles. The summed E-state index contributed by atoms with van der Waals surface area (Å²) >= 11 is 0. The van der Waals surface area contributed by atoms with Crippen molar-refractivity contribution in [1.82, 2.24) is 15.2 Å². The smallest absolute Gasteiger partial charge is 0.290 e. The van der Waals surface area contributed by atoms with E-state index in [9.17, 15) is 9.59 Å². The van der Waals surface area contributed by atoms with Gasteiger partial charge in [0.25, 0.3) is 12.9 Å². The van der Waals surface area contributed by atoms with Crippen LogP contribution < -0.4 is 10.2 Å². The van der Waals surface area contributed by atoms with E-state index in [-0.39, 0.29) is 30.7 Å². The highest BCUT2D eigenvalue weighted by atomic mass is 16.3. The van der Waals surface area contributed by atoms with Crippen molar-refractivity contribution in [3.05, 3.63) is 24.4 Å². The first-order valence-electron chi connectivity index (χ1n) is 11.9. The molecule has 1 aromatic heterocycles. The van der Waals surface area contributed by atoms with Gasteiger partial charge in [0.1, 0.15) is 5.82 Å². The minimum Gasteiger partial charge on any atom is -0.483 e. The third-order valence-corrected chi connectivity index (χ3v) is 7.10. The first-order valence-corrected chi connectivity index (χ1v) is 11.9. The molecule has 0 bridgehead atoms. The summed E-state index contributed by atoms with van der Waals surface area (Å²) in [5.74, 6) is 2.52. The van der Waals surface area contributed by atoms with Crippen LogP contribution >= 0.6 is 0 Å². The fraction of sp³-hybridized carbons (Fsp3) is 0.625. The molecule has 2 atom stereocenters. The Balaban J connectivity index is 0.000000492. The first-order chi connectivity index (χ1) is 16.5. The van der Waals surface area contributed by atoms with Crippen molar-refractivity contribution in [2.24, 2.45) is 23.2 Å². The molecular weight excluding hydrogens is 440 g/mol. The van der Waals surface area contributed by atoms with E-state index in [2.05, 4.69) is 20.1 Å². The van der Waals surface area contributed by atoms with Gasteiger partial charge < -0.3 is 25.3 Å². The van der Waals surface area contributed by atoms with Gasteiger partial charge in [-0.1, -0.05) is 6.07 Å². The number of rotatable bonds is 5. The molecule has 2 saturated heterocycles. The van der Waals surface area contributed by atoms with Crippen LogP contribution in [0.3, 0.4) is 0 Å². The number of carboxylic acid groups (broad SMARTS) is 2. The summed E-state index contributed by atoms with van der Waals surface area (Å²) in [5.41, 5.74) is -0.412. The lowest BCUT2D eigenvalue weighted by atomic mass is 9.74. The molecule has 0 unspecified atom stereocenters. The second kappa shape index (κ2) is 11.8. The van der Waals surface area contributed by atoms with Crippen LogP contribution in [0.4, 0.5) is 5.82 Å². The Hall–Kier alpha value is -3.17. The van der Waals surface area contributed by atoms with Gasteiger partial charge in [0.2, 0.25) is 11.8 Å². The highest BCUT2D eigenvalue weighted by Gasteiger charge is 2.54. The van der Waals surface area contributed by atoms with Gasteiger partial charge in [-0.25, -0.2) is 4.98 Å². The van der Waals surface area contributed by atoms with Crippen LogP contribution in [0.15, 0.2) is 24.4 Å². The van der Waals surface area contributed by atoms with Crippen LogP contribution in [0.25, 0.3) is 0 Å². The van der Waals surface area contributed by atoms with Crippen molar-refractivity contribution >= 4 is 30.6 Å². The van der Waals surface area contributed by atoms with Crippen LogP contribution in [0, 0.1) is 23.2 Å². The fourth-order valence-electron chi connectivity index (χ4n) is 5.04. The molecule has 0 radical (unpaired) electrons. The average molecular weight is 475 g/mol. The van der Waals surface area contributed by atoms with Crippen LogP contribution in [-0.2, 0) is 19.2 Å². The molecule has 34 heavy (non-hydrogen) atoms. The highest BCUT2D eigenvalue weighted by Crippen LogP contribution is 2.45. The molecule has 5 rings (SSSR count). The summed E-state index contributed by atoms with van der Waals surface area (Å²) in [6.45, 7) is 3.31. The minimum atomic E-state index is -0.412. The number of likely N-dealkylation sites (tertiary alicyclic amines) is 1. The van der Waals surface area contributed by atoms with Gasteiger partial charge in [0.05, 0.1) is 5.41 Å². The number of amides is 2. The van der Waals surface area contributed by atoms with Crippen LogP contribution in [-0.4, -0.2) is 77.6 Å². The van der Waals surface area contributed by atoms with E-state index in [1.165, 1.54) is 12.8 Å². The molecule has 10 heteroatoms. The molecule has 10 nitrogen and oxygen atoms in total. The molecule has 2 aliphatic carbocycles. The number of carbonyl (C=O) groups excluding carboxylic acids is 2. The van der Waals surface area contributed by atoms with Gasteiger partial charge in [-0.15, -0.1) is 0 Å². The molecule has 186 valence electrons. The van der Waals surface area contributed by atoms with Gasteiger partial charge in [-0.2, -0.15) is 0 Å². The number of anilines is 1. The maximum Gasteiger partial charge on any atom is 0.290 e. The number of pyridine rings is 1. The number of nitrogens with one attached hydrogen (secondary N) is 1. The number of nitrogens with zero attached hydrogens (tertiary/aromatic N) is 3. The molecule has 1 aromatic rings. The minimum absolute atomic E-state index is 0.166. The lowest BCUT2D eigenvalue weighted by molar-refractivity contribution is -0.136. The van der Waals surface area contributed by atoms with E-state index in [4.69, 9.17) is 19.8 Å². The summed E-state index contributed by atoms with van der Waals surface area (Å²) in [6.07, 6.45) is 8.11. The molecule has 4 fully saturated rings. The van der Waals surface area contributed by atoms with Crippen molar-refractivity contribution in [2.45, 2.75) is 38.5 Å². The summed E-state index contributed by atoms with van der Waals surface area (Å²) in [6, 6.07) is 5.94. The zero-order valence-electron chi connectivity index (χ0n) is 19.3.